The van der Waals surface area contributed by atoms with E-state index >= 15 is 0 Å². The Bertz CT molecular complexity index is 979. The number of anilines is 2. The molecule has 2 aromatic carbocycles. The largest absolute Gasteiger partial charge is 0.467 e. The Morgan fingerprint density at radius 1 is 0.821 bits per heavy atom. The molecule has 0 unspecified atom stereocenters. The van der Waals surface area contributed by atoms with Gasteiger partial charge in [-0.3, -0.25) is 14.4 Å². The van der Waals surface area contributed by atoms with E-state index in [9.17, 15) is 14.4 Å². The molecule has 7 nitrogen and oxygen atoms in total. The summed E-state index contributed by atoms with van der Waals surface area (Å²) in [5, 5.41) is 8.16. The molecule has 142 valence electrons. The molecule has 0 atom stereocenters. The molecule has 1 heterocycles. The first-order chi connectivity index (χ1) is 13.5. The summed E-state index contributed by atoms with van der Waals surface area (Å²) >= 11 is 0. The van der Waals surface area contributed by atoms with Crippen molar-refractivity contribution in [2.75, 3.05) is 10.6 Å². The van der Waals surface area contributed by atoms with Crippen molar-refractivity contribution >= 4 is 29.1 Å². The molecule has 0 aliphatic carbocycles. The van der Waals surface area contributed by atoms with E-state index in [-0.39, 0.29) is 24.3 Å². The first-order valence-corrected chi connectivity index (χ1v) is 8.61. The second-order valence-corrected chi connectivity index (χ2v) is 6.06. The van der Waals surface area contributed by atoms with Gasteiger partial charge in [-0.1, -0.05) is 6.07 Å². The lowest BCUT2D eigenvalue weighted by Gasteiger charge is -2.08. The van der Waals surface area contributed by atoms with Crippen molar-refractivity contribution in [3.05, 3.63) is 83.8 Å². The monoisotopic (exact) mass is 377 g/mol. The molecule has 28 heavy (non-hydrogen) atoms. The number of rotatable bonds is 6. The Hall–Kier alpha value is -3.87. The van der Waals surface area contributed by atoms with Gasteiger partial charge in [0.05, 0.1) is 12.8 Å². The number of hydrogen-bond acceptors (Lipinski definition) is 4. The van der Waals surface area contributed by atoms with Crippen molar-refractivity contribution in [1.82, 2.24) is 5.32 Å². The number of furan rings is 1. The lowest BCUT2D eigenvalue weighted by atomic mass is 10.1. The first kappa shape index (κ1) is 18.9. The van der Waals surface area contributed by atoms with Crippen LogP contribution < -0.4 is 16.0 Å². The van der Waals surface area contributed by atoms with Crippen LogP contribution in [0, 0.1) is 0 Å². The average molecular weight is 377 g/mol. The summed E-state index contributed by atoms with van der Waals surface area (Å²) in [7, 11) is 0. The summed E-state index contributed by atoms with van der Waals surface area (Å²) in [6, 6.07) is 16.7. The van der Waals surface area contributed by atoms with Gasteiger partial charge in [0.25, 0.3) is 11.8 Å². The van der Waals surface area contributed by atoms with Gasteiger partial charge >= 0.3 is 0 Å². The van der Waals surface area contributed by atoms with E-state index in [1.54, 1.807) is 54.6 Å². The minimum atomic E-state index is -0.340. The average Bonchev–Trinajstić information content (AvgIpc) is 3.21. The number of benzene rings is 2. The van der Waals surface area contributed by atoms with Crippen LogP contribution in [0.2, 0.25) is 0 Å². The van der Waals surface area contributed by atoms with Crippen LogP contribution in [-0.2, 0) is 11.3 Å². The molecule has 7 heteroatoms. The van der Waals surface area contributed by atoms with Gasteiger partial charge in [0.1, 0.15) is 5.76 Å². The normalized spacial score (nSPS) is 10.2. The topological polar surface area (TPSA) is 100 Å². The van der Waals surface area contributed by atoms with Crippen molar-refractivity contribution < 1.29 is 18.8 Å². The smallest absolute Gasteiger partial charge is 0.255 e. The van der Waals surface area contributed by atoms with Crippen LogP contribution in [0.25, 0.3) is 0 Å². The molecule has 0 saturated heterocycles. The number of amides is 3. The van der Waals surface area contributed by atoms with Gasteiger partial charge in [-0.15, -0.1) is 0 Å². The van der Waals surface area contributed by atoms with Gasteiger partial charge in [0.15, 0.2) is 0 Å². The number of nitrogens with one attached hydrogen (secondary N) is 3. The van der Waals surface area contributed by atoms with Crippen LogP contribution >= 0.6 is 0 Å². The summed E-state index contributed by atoms with van der Waals surface area (Å²) in [5.41, 5.74) is 1.95. The zero-order valence-electron chi connectivity index (χ0n) is 15.2. The molecule has 3 rings (SSSR count). The minimum Gasteiger partial charge on any atom is -0.467 e. The molecule has 0 aliphatic rings. The van der Waals surface area contributed by atoms with Gasteiger partial charge in [0, 0.05) is 29.4 Å². The molecule has 1 aromatic heterocycles. The highest BCUT2D eigenvalue weighted by Crippen LogP contribution is 2.15. The molecule has 3 amide bonds. The SMILES string of the molecule is CC(=O)Nc1ccc(NC(=O)c2cccc(C(=O)NCc3ccco3)c2)cc1. The molecule has 3 aromatic rings. The highest BCUT2D eigenvalue weighted by Gasteiger charge is 2.11. The maximum absolute atomic E-state index is 12.5. The van der Waals surface area contributed by atoms with Crippen LogP contribution in [-0.4, -0.2) is 17.7 Å². The standard InChI is InChI=1S/C21H19N3O4/c1-14(25)23-17-7-9-18(10-8-17)24-21(27)16-5-2-4-15(12-16)20(26)22-13-19-6-3-11-28-19/h2-12H,13H2,1H3,(H,22,26)(H,23,25)(H,24,27). The molecule has 0 saturated carbocycles. The molecule has 0 bridgehead atoms. The van der Waals surface area contributed by atoms with Crippen molar-refractivity contribution in [1.29, 1.82) is 0 Å². The van der Waals surface area contributed by atoms with Crippen LogP contribution in [0.15, 0.2) is 71.3 Å². The van der Waals surface area contributed by atoms with Gasteiger partial charge in [-0.25, -0.2) is 0 Å². The van der Waals surface area contributed by atoms with Crippen molar-refractivity contribution in [2.24, 2.45) is 0 Å². The van der Waals surface area contributed by atoms with Gasteiger partial charge in [-0.05, 0) is 54.6 Å². The Balaban J connectivity index is 1.63. The lowest BCUT2D eigenvalue weighted by molar-refractivity contribution is -0.114. The molecule has 0 aliphatic heterocycles. The molecular weight excluding hydrogens is 358 g/mol. The summed E-state index contributed by atoms with van der Waals surface area (Å²) in [6.07, 6.45) is 1.54. The third-order valence-corrected chi connectivity index (χ3v) is 3.85. The number of hydrogen-bond donors (Lipinski definition) is 3. The third kappa shape index (κ3) is 5.07. The minimum absolute atomic E-state index is 0.168. The van der Waals surface area contributed by atoms with Crippen molar-refractivity contribution in [2.45, 2.75) is 13.5 Å². The fourth-order valence-corrected chi connectivity index (χ4v) is 2.53. The van der Waals surface area contributed by atoms with Crippen LogP contribution in [0.5, 0.6) is 0 Å². The van der Waals surface area contributed by atoms with E-state index < -0.39 is 0 Å². The fraction of sp³-hybridized carbons (Fsp3) is 0.0952. The number of carbonyl (C=O) groups is 3. The molecular formula is C21H19N3O4. The summed E-state index contributed by atoms with van der Waals surface area (Å²) in [6.45, 7) is 1.69. The predicted octanol–water partition coefficient (Wildman–Crippen LogP) is 3.42. The Kier molecular flexibility index (Phi) is 5.86. The first-order valence-electron chi connectivity index (χ1n) is 8.61. The van der Waals surface area contributed by atoms with E-state index in [0.29, 0.717) is 28.3 Å². The summed E-state index contributed by atoms with van der Waals surface area (Å²) in [5.74, 6) is -0.164. The Morgan fingerprint density at radius 3 is 2.07 bits per heavy atom. The van der Waals surface area contributed by atoms with E-state index in [0.717, 1.165) is 0 Å². The highest BCUT2D eigenvalue weighted by atomic mass is 16.3. The van der Waals surface area contributed by atoms with E-state index in [4.69, 9.17) is 4.42 Å². The number of carbonyl (C=O) groups excluding carboxylic acids is 3. The fourth-order valence-electron chi connectivity index (χ4n) is 2.53. The van der Waals surface area contributed by atoms with Crippen LogP contribution in [0.1, 0.15) is 33.4 Å². The van der Waals surface area contributed by atoms with Crippen molar-refractivity contribution in [3.63, 3.8) is 0 Å². The highest BCUT2D eigenvalue weighted by molar-refractivity contribution is 6.06. The second kappa shape index (κ2) is 8.68. The second-order valence-electron chi connectivity index (χ2n) is 6.06. The quantitative estimate of drug-likeness (QED) is 0.613. The van der Waals surface area contributed by atoms with Crippen LogP contribution in [0.4, 0.5) is 11.4 Å². The zero-order chi connectivity index (χ0) is 19.9. The van der Waals surface area contributed by atoms with Crippen molar-refractivity contribution in [3.8, 4) is 0 Å². The summed E-state index contributed by atoms with van der Waals surface area (Å²) in [4.78, 5) is 35.8. The molecule has 0 radical (unpaired) electrons. The van der Waals surface area contributed by atoms with Gasteiger partial charge < -0.3 is 20.4 Å². The summed E-state index contributed by atoms with van der Waals surface area (Å²) < 4.78 is 5.18. The third-order valence-electron chi connectivity index (χ3n) is 3.85. The van der Waals surface area contributed by atoms with Crippen LogP contribution in [0.3, 0.4) is 0 Å². The van der Waals surface area contributed by atoms with E-state index in [1.807, 2.05) is 0 Å². The van der Waals surface area contributed by atoms with E-state index in [2.05, 4.69) is 16.0 Å². The molecule has 3 N–H and O–H groups in total. The molecule has 0 fully saturated rings. The zero-order valence-corrected chi connectivity index (χ0v) is 15.2. The maximum atomic E-state index is 12.5. The maximum Gasteiger partial charge on any atom is 0.255 e. The Labute approximate surface area is 161 Å². The lowest BCUT2D eigenvalue weighted by Crippen LogP contribution is -2.23. The van der Waals surface area contributed by atoms with Gasteiger partial charge in [0.2, 0.25) is 5.91 Å². The molecule has 0 spiro atoms. The van der Waals surface area contributed by atoms with E-state index in [1.165, 1.54) is 19.3 Å². The Morgan fingerprint density at radius 2 is 1.46 bits per heavy atom. The predicted molar refractivity (Wildman–Crippen MR) is 105 cm³/mol. The van der Waals surface area contributed by atoms with Gasteiger partial charge in [-0.2, -0.15) is 0 Å².